The summed E-state index contributed by atoms with van der Waals surface area (Å²) in [6, 6.07) is 0.0856. The Morgan fingerprint density at radius 1 is 1.56 bits per heavy atom. The number of hydrogen-bond donors (Lipinski definition) is 1. The first-order chi connectivity index (χ1) is 7.65. The van der Waals surface area contributed by atoms with Gasteiger partial charge < -0.3 is 9.73 Å². The molecule has 0 aliphatic rings. The van der Waals surface area contributed by atoms with E-state index >= 15 is 0 Å². The molecule has 0 bridgehead atoms. The topological polar surface area (TPSA) is 55.9 Å². The third kappa shape index (κ3) is 1.72. The average Bonchev–Trinajstić information content (AvgIpc) is 2.86. The molecule has 0 spiro atoms. The Kier molecular flexibility index (Phi) is 2.98. The predicted molar refractivity (Wildman–Crippen MR) is 61.2 cm³/mol. The molecule has 2 aromatic heterocycles. The minimum Gasteiger partial charge on any atom is -0.443 e. The predicted octanol–water partition coefficient (Wildman–Crippen LogP) is 2.01. The highest BCUT2D eigenvalue weighted by molar-refractivity contribution is 6.33. The van der Waals surface area contributed by atoms with E-state index in [2.05, 4.69) is 15.4 Å². The Hall–Kier alpha value is -1.33. The molecule has 0 radical (unpaired) electrons. The van der Waals surface area contributed by atoms with Crippen LogP contribution in [0.2, 0.25) is 5.02 Å². The molecule has 86 valence electrons. The number of aromatic nitrogens is 3. The summed E-state index contributed by atoms with van der Waals surface area (Å²) in [4.78, 5) is 4.07. The summed E-state index contributed by atoms with van der Waals surface area (Å²) in [5.74, 6) is 0.481. The highest BCUT2D eigenvalue weighted by Crippen LogP contribution is 2.31. The molecular formula is C10H13ClN4O. The minimum absolute atomic E-state index is 0.0856. The van der Waals surface area contributed by atoms with E-state index in [-0.39, 0.29) is 6.04 Å². The molecule has 0 saturated carbocycles. The number of oxazole rings is 1. The Morgan fingerprint density at radius 2 is 2.31 bits per heavy atom. The second-order valence-electron chi connectivity index (χ2n) is 3.52. The maximum atomic E-state index is 6.27. The zero-order chi connectivity index (χ0) is 11.7. The van der Waals surface area contributed by atoms with Gasteiger partial charge in [-0.2, -0.15) is 5.10 Å². The van der Waals surface area contributed by atoms with Gasteiger partial charge in [-0.3, -0.25) is 4.68 Å². The lowest BCUT2D eigenvalue weighted by Crippen LogP contribution is -2.13. The van der Waals surface area contributed by atoms with Gasteiger partial charge in [-0.15, -0.1) is 0 Å². The molecule has 6 heteroatoms. The molecule has 2 aromatic rings. The van der Waals surface area contributed by atoms with E-state index in [0.717, 1.165) is 5.69 Å². The Balaban J connectivity index is 2.52. The summed E-state index contributed by atoms with van der Waals surface area (Å²) in [6.45, 7) is 1.99. The van der Waals surface area contributed by atoms with Crippen molar-refractivity contribution in [1.29, 1.82) is 0 Å². The van der Waals surface area contributed by atoms with Crippen molar-refractivity contribution in [2.24, 2.45) is 7.05 Å². The number of rotatable bonds is 3. The van der Waals surface area contributed by atoms with Crippen molar-refractivity contribution < 1.29 is 4.42 Å². The molecule has 1 atom stereocenters. The lowest BCUT2D eigenvalue weighted by atomic mass is 10.2. The molecule has 1 N–H and O–H groups in total. The molecule has 2 heterocycles. The van der Waals surface area contributed by atoms with E-state index in [1.807, 2.05) is 21.0 Å². The summed E-state index contributed by atoms with van der Waals surface area (Å²) < 4.78 is 6.91. The highest BCUT2D eigenvalue weighted by atomic mass is 35.5. The first kappa shape index (κ1) is 11.2. The highest BCUT2D eigenvalue weighted by Gasteiger charge is 2.21. The average molecular weight is 241 g/mol. The van der Waals surface area contributed by atoms with Crippen LogP contribution in [0, 0.1) is 0 Å². The molecule has 2 rings (SSSR count). The molecule has 0 fully saturated rings. The quantitative estimate of drug-likeness (QED) is 0.892. The fourth-order valence-corrected chi connectivity index (χ4v) is 1.91. The molecule has 1 unspecified atom stereocenters. The van der Waals surface area contributed by atoms with E-state index in [9.17, 15) is 0 Å². The maximum absolute atomic E-state index is 6.27. The van der Waals surface area contributed by atoms with Gasteiger partial charge in [-0.1, -0.05) is 11.6 Å². The second kappa shape index (κ2) is 4.27. The van der Waals surface area contributed by atoms with Crippen molar-refractivity contribution in [3.05, 3.63) is 23.2 Å². The van der Waals surface area contributed by atoms with Crippen molar-refractivity contribution in [1.82, 2.24) is 20.1 Å². The van der Waals surface area contributed by atoms with Gasteiger partial charge in [-0.25, -0.2) is 4.98 Å². The van der Waals surface area contributed by atoms with Gasteiger partial charge >= 0.3 is 0 Å². The van der Waals surface area contributed by atoms with Gasteiger partial charge in [0.1, 0.15) is 12.0 Å². The van der Waals surface area contributed by atoms with Crippen LogP contribution in [0.25, 0.3) is 11.6 Å². The van der Waals surface area contributed by atoms with E-state index < -0.39 is 0 Å². The third-order valence-corrected chi connectivity index (χ3v) is 2.86. The first-order valence-corrected chi connectivity index (χ1v) is 5.32. The molecule has 0 aromatic carbocycles. The van der Waals surface area contributed by atoms with Gasteiger partial charge in [0.2, 0.25) is 5.89 Å². The summed E-state index contributed by atoms with van der Waals surface area (Å²) in [6.07, 6.45) is 3.10. The van der Waals surface area contributed by atoms with Crippen LogP contribution in [0.1, 0.15) is 18.7 Å². The van der Waals surface area contributed by atoms with Gasteiger partial charge in [0, 0.05) is 13.1 Å². The van der Waals surface area contributed by atoms with Crippen LogP contribution >= 0.6 is 11.6 Å². The third-order valence-electron chi connectivity index (χ3n) is 2.49. The van der Waals surface area contributed by atoms with Crippen LogP contribution in [0.4, 0.5) is 0 Å². The van der Waals surface area contributed by atoms with Crippen molar-refractivity contribution in [3.8, 4) is 11.6 Å². The number of halogens is 1. The van der Waals surface area contributed by atoms with Gasteiger partial charge in [0.15, 0.2) is 0 Å². The number of nitrogens with zero attached hydrogens (tertiary/aromatic N) is 3. The normalized spacial score (nSPS) is 13.0. The molecule has 0 saturated heterocycles. The molecular weight excluding hydrogens is 228 g/mol. The van der Waals surface area contributed by atoms with Crippen LogP contribution in [0.5, 0.6) is 0 Å². The van der Waals surface area contributed by atoms with Gasteiger partial charge in [-0.05, 0) is 14.0 Å². The Bertz CT molecular complexity index is 477. The molecule has 0 aliphatic carbocycles. The fraction of sp³-hybridized carbons (Fsp3) is 0.400. The summed E-state index contributed by atoms with van der Waals surface area (Å²) in [5.41, 5.74) is 1.49. The summed E-state index contributed by atoms with van der Waals surface area (Å²) in [5, 5.41) is 8.03. The Morgan fingerprint density at radius 3 is 2.88 bits per heavy atom. The lowest BCUT2D eigenvalue weighted by molar-refractivity contribution is 0.563. The number of aryl methyl sites for hydroxylation is 1. The summed E-state index contributed by atoms with van der Waals surface area (Å²) in [7, 11) is 3.68. The lowest BCUT2D eigenvalue weighted by Gasteiger charge is -2.05. The minimum atomic E-state index is 0.0856. The SMILES string of the molecule is CNC(C)c1nn(C)c(-c2ncco2)c1Cl. The Labute approximate surface area is 98.4 Å². The molecule has 5 nitrogen and oxygen atoms in total. The van der Waals surface area contributed by atoms with E-state index in [0.29, 0.717) is 16.6 Å². The van der Waals surface area contributed by atoms with E-state index in [1.165, 1.54) is 6.26 Å². The van der Waals surface area contributed by atoms with Crippen molar-refractivity contribution >= 4 is 11.6 Å². The standard InChI is InChI=1S/C10H13ClN4O/c1-6(12-2)8-7(11)9(15(3)14-8)10-13-4-5-16-10/h4-6,12H,1-3H3. The smallest absolute Gasteiger partial charge is 0.246 e. The van der Waals surface area contributed by atoms with Crippen LogP contribution in [-0.4, -0.2) is 21.8 Å². The fourth-order valence-electron chi connectivity index (χ4n) is 1.50. The number of hydrogen-bond acceptors (Lipinski definition) is 4. The zero-order valence-corrected chi connectivity index (χ0v) is 10.1. The van der Waals surface area contributed by atoms with E-state index in [1.54, 1.807) is 10.9 Å². The van der Waals surface area contributed by atoms with Crippen molar-refractivity contribution in [3.63, 3.8) is 0 Å². The zero-order valence-electron chi connectivity index (χ0n) is 9.36. The monoisotopic (exact) mass is 240 g/mol. The molecule has 0 aliphatic heterocycles. The van der Waals surface area contributed by atoms with E-state index in [4.69, 9.17) is 16.0 Å². The molecule has 16 heavy (non-hydrogen) atoms. The van der Waals surface area contributed by atoms with Crippen LogP contribution < -0.4 is 5.32 Å². The first-order valence-electron chi connectivity index (χ1n) is 4.94. The second-order valence-corrected chi connectivity index (χ2v) is 3.90. The van der Waals surface area contributed by atoms with Gasteiger partial charge in [0.25, 0.3) is 0 Å². The van der Waals surface area contributed by atoms with Crippen molar-refractivity contribution in [2.75, 3.05) is 7.05 Å². The maximum Gasteiger partial charge on any atom is 0.246 e. The summed E-state index contributed by atoms with van der Waals surface area (Å²) >= 11 is 6.27. The molecule has 0 amide bonds. The largest absolute Gasteiger partial charge is 0.443 e. The van der Waals surface area contributed by atoms with Crippen LogP contribution in [0.3, 0.4) is 0 Å². The van der Waals surface area contributed by atoms with Crippen LogP contribution in [0.15, 0.2) is 16.9 Å². The number of nitrogens with one attached hydrogen (secondary N) is 1. The van der Waals surface area contributed by atoms with Crippen LogP contribution in [-0.2, 0) is 7.05 Å². The van der Waals surface area contributed by atoms with Gasteiger partial charge in [0.05, 0.1) is 16.9 Å². The van der Waals surface area contributed by atoms with Crippen molar-refractivity contribution in [2.45, 2.75) is 13.0 Å².